The second-order valence-electron chi connectivity index (χ2n) is 5.11. The van der Waals surface area contributed by atoms with E-state index in [0.29, 0.717) is 21.4 Å². The maximum absolute atomic E-state index is 12.8. The van der Waals surface area contributed by atoms with E-state index >= 15 is 0 Å². The Morgan fingerprint density at radius 1 is 1.27 bits per heavy atom. The van der Waals surface area contributed by atoms with E-state index in [9.17, 15) is 14.0 Å². The van der Waals surface area contributed by atoms with Crippen LogP contribution in [0.1, 0.15) is 10.7 Å². The van der Waals surface area contributed by atoms with Crippen LogP contribution in [0, 0.1) is 5.82 Å². The Balaban J connectivity index is 1.59. The maximum Gasteiger partial charge on any atom is 0.344 e. The van der Waals surface area contributed by atoms with E-state index < -0.39 is 11.8 Å². The summed E-state index contributed by atoms with van der Waals surface area (Å²) in [7, 11) is 1.53. The summed E-state index contributed by atoms with van der Waals surface area (Å²) in [4.78, 5) is 28.4. The molecule has 0 aliphatic heterocycles. The molecule has 1 aromatic carbocycles. The maximum atomic E-state index is 12.8. The van der Waals surface area contributed by atoms with E-state index in [1.54, 1.807) is 0 Å². The highest BCUT2D eigenvalue weighted by Crippen LogP contribution is 2.13. The van der Waals surface area contributed by atoms with Gasteiger partial charge in [0.1, 0.15) is 23.2 Å². The Morgan fingerprint density at radius 2 is 2.04 bits per heavy atom. The summed E-state index contributed by atoms with van der Waals surface area (Å²) in [5, 5.41) is 4.70. The number of aromatic nitrogens is 3. The molecule has 0 spiro atoms. The smallest absolute Gasteiger partial charge is 0.344 e. The van der Waals surface area contributed by atoms with Gasteiger partial charge < -0.3 is 14.2 Å². The summed E-state index contributed by atoms with van der Waals surface area (Å²) in [6.45, 7) is -0.237. The van der Waals surface area contributed by atoms with Gasteiger partial charge in [0.2, 0.25) is 4.96 Å². The molecule has 0 aliphatic rings. The molecule has 3 aromatic rings. The molecule has 0 aliphatic carbocycles. The Labute approximate surface area is 150 Å². The highest BCUT2D eigenvalue weighted by Gasteiger charge is 2.11. The first-order chi connectivity index (χ1) is 12.5. The zero-order chi connectivity index (χ0) is 18.5. The van der Waals surface area contributed by atoms with Gasteiger partial charge in [-0.15, -0.1) is 0 Å². The first kappa shape index (κ1) is 18.0. The van der Waals surface area contributed by atoms with Crippen LogP contribution in [-0.4, -0.2) is 34.3 Å². The van der Waals surface area contributed by atoms with Gasteiger partial charge in [0, 0.05) is 13.2 Å². The number of hydrogen-bond donors (Lipinski definition) is 0. The van der Waals surface area contributed by atoms with E-state index in [1.807, 2.05) is 0 Å². The third-order valence-electron chi connectivity index (χ3n) is 3.16. The third-order valence-corrected chi connectivity index (χ3v) is 4.04. The number of nitrogens with zero attached hydrogens (tertiary/aromatic N) is 3. The van der Waals surface area contributed by atoms with Crippen LogP contribution in [0.2, 0.25) is 0 Å². The molecule has 0 unspecified atom stereocenters. The first-order valence-corrected chi connectivity index (χ1v) is 8.28. The van der Waals surface area contributed by atoms with Crippen molar-refractivity contribution in [1.82, 2.24) is 14.6 Å². The van der Waals surface area contributed by atoms with Crippen molar-refractivity contribution in [3.05, 3.63) is 57.2 Å². The van der Waals surface area contributed by atoms with Gasteiger partial charge in [0.05, 0.1) is 12.3 Å². The molecule has 2 heterocycles. The summed E-state index contributed by atoms with van der Waals surface area (Å²) in [5.74, 6) is -0.693. The quantitative estimate of drug-likeness (QED) is 0.575. The van der Waals surface area contributed by atoms with Gasteiger partial charge in [-0.05, 0) is 24.3 Å². The fourth-order valence-corrected chi connectivity index (χ4v) is 2.91. The molecule has 26 heavy (non-hydrogen) atoms. The highest BCUT2D eigenvalue weighted by atomic mass is 32.1. The van der Waals surface area contributed by atoms with Gasteiger partial charge in [-0.3, -0.25) is 4.79 Å². The van der Waals surface area contributed by atoms with Crippen LogP contribution in [0.25, 0.3) is 4.96 Å². The lowest BCUT2D eigenvalue weighted by atomic mass is 10.3. The molecule has 2 aromatic heterocycles. The van der Waals surface area contributed by atoms with Gasteiger partial charge >= 0.3 is 5.97 Å². The lowest BCUT2D eigenvalue weighted by Gasteiger charge is -2.06. The predicted octanol–water partition coefficient (Wildman–Crippen LogP) is 1.56. The average molecular weight is 379 g/mol. The molecule has 8 nitrogen and oxygen atoms in total. The number of benzene rings is 1. The van der Waals surface area contributed by atoms with E-state index in [4.69, 9.17) is 14.2 Å². The van der Waals surface area contributed by atoms with Crippen molar-refractivity contribution in [2.75, 3.05) is 13.7 Å². The molecule has 0 fully saturated rings. The summed E-state index contributed by atoms with van der Waals surface area (Å²) < 4.78 is 29.2. The fraction of sp³-hybridized carbons (Fsp3) is 0.250. The average Bonchev–Trinajstić information content (AvgIpc) is 3.03. The standard InChI is InChI=1S/C16H14FN3O5S/c1-23-8-13-19-20-14(21)6-11(18-16(20)26-13)7-25-15(22)9-24-12-4-2-10(17)3-5-12/h2-6H,7-9H2,1H3. The molecule has 0 saturated carbocycles. The molecular formula is C16H14FN3O5S. The van der Waals surface area contributed by atoms with Crippen molar-refractivity contribution < 1.29 is 23.4 Å². The number of halogens is 1. The molecular weight excluding hydrogens is 365 g/mol. The number of methoxy groups -OCH3 is 1. The zero-order valence-corrected chi connectivity index (χ0v) is 14.5. The lowest BCUT2D eigenvalue weighted by molar-refractivity contribution is -0.147. The van der Waals surface area contributed by atoms with Gasteiger partial charge in [-0.2, -0.15) is 9.61 Å². The van der Waals surface area contributed by atoms with Crippen molar-refractivity contribution >= 4 is 22.3 Å². The Bertz CT molecular complexity index is 970. The van der Waals surface area contributed by atoms with Crippen LogP contribution in [0.15, 0.2) is 35.1 Å². The second kappa shape index (κ2) is 8.02. The molecule has 10 heteroatoms. The van der Waals surface area contributed by atoms with Crippen LogP contribution in [0.4, 0.5) is 4.39 Å². The van der Waals surface area contributed by atoms with Gasteiger partial charge in [-0.25, -0.2) is 14.2 Å². The molecule has 0 atom stereocenters. The van der Waals surface area contributed by atoms with Crippen molar-refractivity contribution in [1.29, 1.82) is 0 Å². The predicted molar refractivity (Wildman–Crippen MR) is 89.5 cm³/mol. The minimum absolute atomic E-state index is 0.172. The largest absolute Gasteiger partial charge is 0.482 e. The Hall–Kier alpha value is -2.85. The first-order valence-electron chi connectivity index (χ1n) is 7.47. The van der Waals surface area contributed by atoms with Gasteiger partial charge in [0.15, 0.2) is 6.61 Å². The monoisotopic (exact) mass is 379 g/mol. The molecule has 0 radical (unpaired) electrons. The zero-order valence-electron chi connectivity index (χ0n) is 13.7. The van der Waals surface area contributed by atoms with E-state index in [2.05, 4.69) is 10.1 Å². The van der Waals surface area contributed by atoms with Crippen molar-refractivity contribution in [2.45, 2.75) is 13.2 Å². The van der Waals surface area contributed by atoms with Crippen LogP contribution < -0.4 is 10.3 Å². The van der Waals surface area contributed by atoms with E-state index in [0.717, 1.165) is 0 Å². The molecule has 0 saturated heterocycles. The summed E-state index contributed by atoms with van der Waals surface area (Å²) in [5.41, 5.74) is -0.0695. The highest BCUT2D eigenvalue weighted by molar-refractivity contribution is 7.16. The Kier molecular flexibility index (Phi) is 5.54. The van der Waals surface area contributed by atoms with E-state index in [-0.39, 0.29) is 25.4 Å². The number of ether oxygens (including phenoxy) is 3. The fourth-order valence-electron chi connectivity index (χ4n) is 2.02. The molecule has 0 N–H and O–H groups in total. The summed E-state index contributed by atoms with van der Waals surface area (Å²) in [6, 6.07) is 6.50. The molecule has 0 bridgehead atoms. The van der Waals surface area contributed by atoms with Crippen molar-refractivity contribution in [2.24, 2.45) is 0 Å². The number of rotatable bonds is 7. The number of hydrogen-bond acceptors (Lipinski definition) is 8. The van der Waals surface area contributed by atoms with Crippen molar-refractivity contribution in [3.63, 3.8) is 0 Å². The van der Waals surface area contributed by atoms with Crippen LogP contribution in [0.5, 0.6) is 5.75 Å². The Morgan fingerprint density at radius 3 is 2.77 bits per heavy atom. The normalized spacial score (nSPS) is 10.8. The topological polar surface area (TPSA) is 92.0 Å². The van der Waals surface area contributed by atoms with Crippen molar-refractivity contribution in [3.8, 4) is 5.75 Å². The van der Waals surface area contributed by atoms with Crippen LogP contribution >= 0.6 is 11.3 Å². The number of carbonyl (C=O) groups excluding carboxylic acids is 1. The third kappa shape index (κ3) is 4.41. The van der Waals surface area contributed by atoms with E-state index in [1.165, 1.54) is 53.3 Å². The minimum Gasteiger partial charge on any atom is -0.482 e. The SMILES string of the molecule is COCc1nn2c(=O)cc(COC(=O)COc3ccc(F)cc3)nc2s1. The lowest BCUT2D eigenvalue weighted by Crippen LogP contribution is -2.18. The number of fused-ring (bicyclic) bond motifs is 1. The number of carbonyl (C=O) groups is 1. The van der Waals surface area contributed by atoms with Crippen LogP contribution in [0.3, 0.4) is 0 Å². The molecule has 136 valence electrons. The number of esters is 1. The summed E-state index contributed by atoms with van der Waals surface area (Å²) in [6.07, 6.45) is 0. The molecule has 3 rings (SSSR count). The minimum atomic E-state index is -0.638. The van der Waals surface area contributed by atoms with Gasteiger partial charge in [0.25, 0.3) is 5.56 Å². The summed E-state index contributed by atoms with van der Waals surface area (Å²) >= 11 is 1.21. The second-order valence-corrected chi connectivity index (χ2v) is 6.15. The van der Waals surface area contributed by atoms with Gasteiger partial charge in [-0.1, -0.05) is 11.3 Å². The van der Waals surface area contributed by atoms with Crippen LogP contribution in [-0.2, 0) is 27.5 Å². The molecule has 0 amide bonds.